The van der Waals surface area contributed by atoms with E-state index in [-0.39, 0.29) is 17.1 Å². The van der Waals surface area contributed by atoms with Crippen LogP contribution >= 0.6 is 0 Å². The first kappa shape index (κ1) is 27.2. The number of nitrogens with two attached hydrogens (primary N) is 2. The molecule has 1 aliphatic heterocycles. The molecule has 1 unspecified atom stereocenters. The summed E-state index contributed by atoms with van der Waals surface area (Å²) in [6, 6.07) is 9.49. The zero-order valence-electron chi connectivity index (χ0n) is 18.2. The van der Waals surface area contributed by atoms with Crippen molar-refractivity contribution in [3.63, 3.8) is 0 Å². The molecule has 2 aromatic carbocycles. The number of nitro groups is 2. The van der Waals surface area contributed by atoms with Gasteiger partial charge in [0.1, 0.15) is 0 Å². The molecule has 3 amide bonds. The molecule has 0 aliphatic carbocycles. The number of carbonyl (C=O) groups excluding carboxylic acids is 3. The summed E-state index contributed by atoms with van der Waals surface area (Å²) in [6.45, 7) is 0. The van der Waals surface area contributed by atoms with E-state index in [1.165, 1.54) is 30.3 Å². The van der Waals surface area contributed by atoms with Crippen LogP contribution in [0.25, 0.3) is 0 Å². The summed E-state index contributed by atoms with van der Waals surface area (Å²) in [5.41, 5.74) is 8.84. The van der Waals surface area contributed by atoms with Crippen molar-refractivity contribution in [2.75, 3.05) is 10.2 Å². The smallest absolute Gasteiger partial charge is 0.291 e. The highest BCUT2D eigenvalue weighted by Crippen LogP contribution is 2.29. The van der Waals surface area contributed by atoms with Crippen LogP contribution in [0.1, 0.15) is 0 Å². The zero-order chi connectivity index (χ0) is 27.9. The third-order valence-corrected chi connectivity index (χ3v) is 4.32. The average molecular weight is 517 g/mol. The first-order valence-corrected chi connectivity index (χ1v) is 9.51. The minimum Gasteiger partial charge on any atom is -0.369 e. The minimum atomic E-state index is -1.83. The summed E-state index contributed by atoms with van der Waals surface area (Å²) >= 11 is 0. The van der Waals surface area contributed by atoms with Gasteiger partial charge in [-0.25, -0.2) is 4.90 Å². The van der Waals surface area contributed by atoms with Gasteiger partial charge in [0.05, 0.1) is 15.5 Å². The van der Waals surface area contributed by atoms with Gasteiger partial charge in [-0.15, -0.1) is 20.3 Å². The molecule has 192 valence electrons. The number of amides is 3. The molecule has 1 heterocycles. The molecule has 3 rings (SSSR count). The van der Waals surface area contributed by atoms with Crippen molar-refractivity contribution in [3.05, 3.63) is 78.9 Å². The highest BCUT2D eigenvalue weighted by atomic mass is 16.9. The molecule has 37 heavy (non-hydrogen) atoms. The number of non-ortho nitro benzene ring substituents is 2. The maximum Gasteiger partial charge on any atom is 0.291 e. The minimum absolute atomic E-state index is 0.0237. The van der Waals surface area contributed by atoms with E-state index in [1.807, 2.05) is 0 Å². The number of carbonyl (C=O) groups is 3. The zero-order valence-corrected chi connectivity index (χ0v) is 18.2. The van der Waals surface area contributed by atoms with E-state index in [0.717, 1.165) is 18.2 Å². The summed E-state index contributed by atoms with van der Waals surface area (Å²) in [5, 5.41) is 44.8. The largest absolute Gasteiger partial charge is 0.369 e. The molecule has 1 atom stereocenters. The van der Waals surface area contributed by atoms with Crippen LogP contribution in [0.3, 0.4) is 0 Å². The maximum absolute atomic E-state index is 13.0. The molecule has 1 aliphatic rings. The van der Waals surface area contributed by atoms with E-state index in [4.69, 9.17) is 26.8 Å². The Morgan fingerprint density at radius 1 is 0.973 bits per heavy atom. The van der Waals surface area contributed by atoms with Gasteiger partial charge in [0.25, 0.3) is 28.3 Å². The summed E-state index contributed by atoms with van der Waals surface area (Å²) in [7, 11) is 0. The predicted octanol–water partition coefficient (Wildman–Crippen LogP) is -0.0872. The van der Waals surface area contributed by atoms with Crippen molar-refractivity contribution < 1.29 is 34.5 Å². The van der Waals surface area contributed by atoms with E-state index >= 15 is 0 Å². The number of nitrogens with zero attached hydrogens (tertiary/aromatic N) is 6. The molecule has 6 N–H and O–H groups in total. The highest BCUT2D eigenvalue weighted by molar-refractivity contribution is 6.61. The number of guanidine groups is 1. The summed E-state index contributed by atoms with van der Waals surface area (Å²) in [5.74, 6) is -5.60. The monoisotopic (exact) mass is 517 g/mol. The number of rotatable bonds is 6. The molecule has 0 aromatic heterocycles. The van der Waals surface area contributed by atoms with Crippen molar-refractivity contribution in [2.24, 2.45) is 27.6 Å². The summed E-state index contributed by atoms with van der Waals surface area (Å²) in [6.07, 6.45) is 0. The van der Waals surface area contributed by atoms with E-state index in [9.17, 15) is 34.6 Å². The molecular formula is C18H15N9O10. The lowest BCUT2D eigenvalue weighted by atomic mass is 10.0. The van der Waals surface area contributed by atoms with Crippen LogP contribution in [0.15, 0.2) is 58.7 Å². The Bertz CT molecular complexity index is 1350. The first-order chi connectivity index (χ1) is 17.3. The number of benzene rings is 2. The molecule has 0 spiro atoms. The van der Waals surface area contributed by atoms with Crippen LogP contribution < -0.4 is 21.7 Å². The van der Waals surface area contributed by atoms with E-state index < -0.39 is 55.9 Å². The number of imide groups is 1. The molecule has 1 fully saturated rings. The summed E-state index contributed by atoms with van der Waals surface area (Å²) in [4.78, 5) is 68.3. The van der Waals surface area contributed by atoms with Crippen molar-refractivity contribution in [1.82, 2.24) is 0 Å². The number of nitro benzene ring substituents is 2. The van der Waals surface area contributed by atoms with Gasteiger partial charge in [-0.2, -0.15) is 0 Å². The Labute approximate surface area is 204 Å². The third-order valence-electron chi connectivity index (χ3n) is 4.32. The van der Waals surface area contributed by atoms with Gasteiger partial charge in [0.15, 0.2) is 11.6 Å². The fourth-order valence-electron chi connectivity index (χ4n) is 2.93. The van der Waals surface area contributed by atoms with E-state index in [1.54, 1.807) is 0 Å². The van der Waals surface area contributed by atoms with Crippen molar-refractivity contribution in [2.45, 2.75) is 0 Å². The lowest BCUT2D eigenvalue weighted by Gasteiger charge is -2.14. The van der Waals surface area contributed by atoms with Crippen LogP contribution in [0.5, 0.6) is 0 Å². The van der Waals surface area contributed by atoms with Crippen LogP contribution in [-0.2, 0) is 14.4 Å². The molecule has 0 radical (unpaired) electrons. The quantitative estimate of drug-likeness (QED) is 0.0976. The van der Waals surface area contributed by atoms with Gasteiger partial charge in [0, 0.05) is 30.0 Å². The normalized spacial score (nSPS) is 15.4. The highest BCUT2D eigenvalue weighted by Gasteiger charge is 2.50. The summed E-state index contributed by atoms with van der Waals surface area (Å²) < 4.78 is 0. The Hall–Kier alpha value is -6.01. The van der Waals surface area contributed by atoms with Gasteiger partial charge >= 0.3 is 0 Å². The second-order valence-electron chi connectivity index (χ2n) is 6.73. The molecule has 19 nitrogen and oxygen atoms in total. The van der Waals surface area contributed by atoms with Crippen LogP contribution in [0, 0.1) is 36.3 Å². The SMILES string of the molecule is NC(N)=N/N=C1\C(=O)N(c2cccc([N+](=O)[O-])c2)C(=O)C1C(=O)Nc1cccc([N+](=O)[O-])c1.O=[N+]([O-])O. The Morgan fingerprint density at radius 3 is 2.05 bits per heavy atom. The number of nitrogens with one attached hydrogen (secondary N) is 1. The van der Waals surface area contributed by atoms with E-state index in [2.05, 4.69) is 15.5 Å². The van der Waals surface area contributed by atoms with Crippen molar-refractivity contribution >= 4 is 52.1 Å². The molecular weight excluding hydrogens is 502 g/mol. The van der Waals surface area contributed by atoms with Crippen LogP contribution in [0.2, 0.25) is 0 Å². The lowest BCUT2D eigenvalue weighted by Crippen LogP contribution is -2.34. The fraction of sp³-hybridized carbons (Fsp3) is 0.0556. The second kappa shape index (κ2) is 11.4. The average Bonchev–Trinajstić information content (AvgIpc) is 3.06. The van der Waals surface area contributed by atoms with Crippen LogP contribution in [-0.4, -0.2) is 49.5 Å². The fourth-order valence-corrected chi connectivity index (χ4v) is 2.93. The molecule has 2 aromatic rings. The van der Waals surface area contributed by atoms with Gasteiger partial charge in [-0.3, -0.25) is 34.6 Å². The Balaban J connectivity index is 0.00000112. The van der Waals surface area contributed by atoms with Gasteiger partial charge < -0.3 is 22.0 Å². The molecule has 1 saturated heterocycles. The van der Waals surface area contributed by atoms with Gasteiger partial charge in [-0.1, -0.05) is 12.1 Å². The van der Waals surface area contributed by atoms with Gasteiger partial charge in [0.2, 0.25) is 11.9 Å². The molecule has 0 bridgehead atoms. The second-order valence-corrected chi connectivity index (χ2v) is 6.73. The third kappa shape index (κ3) is 6.75. The lowest BCUT2D eigenvalue weighted by molar-refractivity contribution is -0.742. The predicted molar refractivity (Wildman–Crippen MR) is 123 cm³/mol. The van der Waals surface area contributed by atoms with Gasteiger partial charge in [-0.05, 0) is 12.1 Å². The standard InChI is InChI=1S/C18H14N8O7.HNO3/c19-18(20)23-22-14-13(15(27)21-9-3-1-5-11(7-9)25(30)31)16(28)24(17(14)29)10-4-2-6-12(8-10)26(32)33;2-1(3)4/h1-8,13H,(H,21,27)(H4,19,20,23);(H,2,3,4)/b22-14-;. The maximum atomic E-state index is 13.0. The number of hydrogen-bond donors (Lipinski definition) is 4. The van der Waals surface area contributed by atoms with E-state index in [0.29, 0.717) is 4.90 Å². The van der Waals surface area contributed by atoms with Crippen LogP contribution in [0.4, 0.5) is 22.7 Å². The first-order valence-electron chi connectivity index (χ1n) is 9.51. The number of hydrogen-bond acceptors (Lipinski definition) is 11. The van der Waals surface area contributed by atoms with Crippen molar-refractivity contribution in [3.8, 4) is 0 Å². The number of anilines is 2. The molecule has 19 heteroatoms. The van der Waals surface area contributed by atoms with Crippen molar-refractivity contribution in [1.29, 1.82) is 0 Å². The Kier molecular flexibility index (Phi) is 8.40. The molecule has 0 saturated carbocycles. The topological polar surface area (TPSA) is 293 Å². The Morgan fingerprint density at radius 2 is 1.51 bits per heavy atom.